The molecule has 1 nitrogen and oxygen atoms in total. The summed E-state index contributed by atoms with van der Waals surface area (Å²) in [6.45, 7) is 0. The SMILES string of the molecule is OC(c1csc(Br)c1)C1CC1. The molecule has 60 valence electrons. The van der Waals surface area contributed by atoms with Crippen molar-refractivity contribution in [3.63, 3.8) is 0 Å². The van der Waals surface area contributed by atoms with E-state index in [1.54, 1.807) is 11.3 Å². The van der Waals surface area contributed by atoms with Gasteiger partial charge in [0.15, 0.2) is 0 Å². The largest absolute Gasteiger partial charge is 0.388 e. The Balaban J connectivity index is 2.14. The highest BCUT2D eigenvalue weighted by atomic mass is 79.9. The monoisotopic (exact) mass is 232 g/mol. The topological polar surface area (TPSA) is 20.2 Å². The maximum Gasteiger partial charge on any atom is 0.0826 e. The number of rotatable bonds is 2. The van der Waals surface area contributed by atoms with E-state index in [1.165, 1.54) is 12.8 Å². The molecule has 1 aromatic heterocycles. The lowest BCUT2D eigenvalue weighted by atomic mass is 10.1. The maximum atomic E-state index is 9.66. The second-order valence-electron chi connectivity index (χ2n) is 2.97. The Bertz CT molecular complexity index is 254. The third-order valence-corrected chi connectivity index (χ3v) is 3.52. The molecule has 1 aromatic rings. The first-order valence-electron chi connectivity index (χ1n) is 3.69. The zero-order valence-electron chi connectivity index (χ0n) is 5.96. The van der Waals surface area contributed by atoms with Crippen molar-refractivity contribution in [1.82, 2.24) is 0 Å². The molecule has 1 aliphatic rings. The highest BCUT2D eigenvalue weighted by Crippen LogP contribution is 2.42. The molecule has 0 saturated heterocycles. The smallest absolute Gasteiger partial charge is 0.0826 e. The summed E-state index contributed by atoms with van der Waals surface area (Å²) in [5.41, 5.74) is 1.07. The third-order valence-electron chi connectivity index (χ3n) is 2.00. The predicted octanol–water partition coefficient (Wildman–Crippen LogP) is 2.95. The second-order valence-corrected chi connectivity index (χ2v) is 5.26. The van der Waals surface area contributed by atoms with Gasteiger partial charge in [-0.2, -0.15) is 0 Å². The molecule has 1 heterocycles. The van der Waals surface area contributed by atoms with Crippen molar-refractivity contribution in [2.24, 2.45) is 5.92 Å². The Hall–Kier alpha value is 0.140. The van der Waals surface area contributed by atoms with Crippen LogP contribution in [0.3, 0.4) is 0 Å². The van der Waals surface area contributed by atoms with Gasteiger partial charge < -0.3 is 5.11 Å². The van der Waals surface area contributed by atoms with Crippen LogP contribution < -0.4 is 0 Å². The summed E-state index contributed by atoms with van der Waals surface area (Å²) in [4.78, 5) is 0. The van der Waals surface area contributed by atoms with Gasteiger partial charge in [-0.1, -0.05) is 0 Å². The molecule has 1 atom stereocenters. The van der Waals surface area contributed by atoms with Gasteiger partial charge in [-0.15, -0.1) is 11.3 Å². The molecule has 11 heavy (non-hydrogen) atoms. The minimum absolute atomic E-state index is 0.211. The summed E-state index contributed by atoms with van der Waals surface area (Å²) >= 11 is 5.01. The molecule has 1 fully saturated rings. The van der Waals surface area contributed by atoms with Crippen LogP contribution in [0.25, 0.3) is 0 Å². The summed E-state index contributed by atoms with van der Waals surface area (Å²) in [5.74, 6) is 0.538. The molecule has 0 aromatic carbocycles. The summed E-state index contributed by atoms with van der Waals surface area (Å²) < 4.78 is 1.10. The van der Waals surface area contributed by atoms with Gasteiger partial charge in [-0.3, -0.25) is 0 Å². The minimum Gasteiger partial charge on any atom is -0.388 e. The average Bonchev–Trinajstić information content (AvgIpc) is 2.74. The molecule has 1 N–H and O–H groups in total. The molecule has 0 aliphatic heterocycles. The van der Waals surface area contributed by atoms with Crippen molar-refractivity contribution in [3.8, 4) is 0 Å². The van der Waals surface area contributed by atoms with Crippen molar-refractivity contribution in [3.05, 3.63) is 20.8 Å². The standard InChI is InChI=1S/C8H9BrOS/c9-7-3-6(4-11-7)8(10)5-1-2-5/h3-5,8,10H,1-2H2. The third kappa shape index (κ3) is 1.66. The summed E-state index contributed by atoms with van der Waals surface area (Å²) in [5, 5.41) is 11.7. The van der Waals surface area contributed by atoms with Gasteiger partial charge in [0, 0.05) is 0 Å². The molecule has 0 spiro atoms. The second kappa shape index (κ2) is 2.88. The Kier molecular flexibility index (Phi) is 2.04. The van der Waals surface area contributed by atoms with Gasteiger partial charge in [0.25, 0.3) is 0 Å². The van der Waals surface area contributed by atoms with Gasteiger partial charge >= 0.3 is 0 Å². The molecule has 0 amide bonds. The highest BCUT2D eigenvalue weighted by molar-refractivity contribution is 9.11. The van der Waals surface area contributed by atoms with Crippen LogP contribution in [0.2, 0.25) is 0 Å². The predicted molar refractivity (Wildman–Crippen MR) is 49.7 cm³/mol. The van der Waals surface area contributed by atoms with Crippen molar-refractivity contribution in [2.75, 3.05) is 0 Å². The number of hydrogen-bond donors (Lipinski definition) is 1. The van der Waals surface area contributed by atoms with Gasteiger partial charge in [0.05, 0.1) is 9.89 Å². The Morgan fingerprint density at radius 2 is 2.36 bits per heavy atom. The number of hydrogen-bond acceptors (Lipinski definition) is 2. The van der Waals surface area contributed by atoms with E-state index < -0.39 is 0 Å². The van der Waals surface area contributed by atoms with Crippen LogP contribution in [0, 0.1) is 5.92 Å². The fourth-order valence-electron chi connectivity index (χ4n) is 1.16. The lowest BCUT2D eigenvalue weighted by molar-refractivity contribution is 0.154. The Morgan fingerprint density at radius 3 is 2.82 bits per heavy atom. The Morgan fingerprint density at radius 1 is 1.64 bits per heavy atom. The van der Waals surface area contributed by atoms with Crippen LogP contribution in [-0.2, 0) is 0 Å². The summed E-state index contributed by atoms with van der Waals surface area (Å²) in [7, 11) is 0. The van der Waals surface area contributed by atoms with Crippen LogP contribution in [-0.4, -0.2) is 5.11 Å². The molecule has 3 heteroatoms. The lowest BCUT2D eigenvalue weighted by Crippen LogP contribution is -1.96. The number of halogens is 1. The molecule has 1 saturated carbocycles. The molecule has 0 bridgehead atoms. The first-order chi connectivity index (χ1) is 5.27. The fourth-order valence-corrected chi connectivity index (χ4v) is 2.37. The fraction of sp³-hybridized carbons (Fsp3) is 0.500. The quantitative estimate of drug-likeness (QED) is 0.832. The van der Waals surface area contributed by atoms with Crippen LogP contribution >= 0.6 is 27.3 Å². The van der Waals surface area contributed by atoms with Crippen molar-refractivity contribution in [2.45, 2.75) is 18.9 Å². The van der Waals surface area contributed by atoms with E-state index in [0.29, 0.717) is 5.92 Å². The van der Waals surface area contributed by atoms with E-state index in [4.69, 9.17) is 0 Å². The summed E-state index contributed by atoms with van der Waals surface area (Å²) in [6.07, 6.45) is 2.17. The Labute approximate surface area is 78.2 Å². The number of thiophene rings is 1. The van der Waals surface area contributed by atoms with Crippen molar-refractivity contribution in [1.29, 1.82) is 0 Å². The van der Waals surface area contributed by atoms with Crippen molar-refractivity contribution >= 4 is 27.3 Å². The normalized spacial score (nSPS) is 20.2. The van der Waals surface area contributed by atoms with E-state index >= 15 is 0 Å². The van der Waals surface area contributed by atoms with E-state index in [-0.39, 0.29) is 6.10 Å². The van der Waals surface area contributed by atoms with Gasteiger partial charge in [0.2, 0.25) is 0 Å². The van der Waals surface area contributed by atoms with Crippen LogP contribution in [0.15, 0.2) is 15.2 Å². The van der Waals surface area contributed by atoms with E-state index in [2.05, 4.69) is 15.9 Å². The molecule has 1 unspecified atom stereocenters. The lowest BCUT2D eigenvalue weighted by Gasteiger charge is -2.04. The molecular formula is C8H9BrOS. The number of aliphatic hydroxyl groups is 1. The van der Waals surface area contributed by atoms with Crippen LogP contribution in [0.5, 0.6) is 0 Å². The summed E-state index contributed by atoms with van der Waals surface area (Å²) in [6, 6.07) is 2.01. The van der Waals surface area contributed by atoms with E-state index in [9.17, 15) is 5.11 Å². The maximum absolute atomic E-state index is 9.66. The van der Waals surface area contributed by atoms with Crippen LogP contribution in [0.4, 0.5) is 0 Å². The molecule has 2 rings (SSSR count). The van der Waals surface area contributed by atoms with E-state index in [0.717, 1.165) is 9.35 Å². The number of aliphatic hydroxyl groups excluding tert-OH is 1. The van der Waals surface area contributed by atoms with Gasteiger partial charge in [0.1, 0.15) is 0 Å². The first kappa shape index (κ1) is 7.77. The molecular weight excluding hydrogens is 224 g/mol. The zero-order chi connectivity index (χ0) is 7.84. The van der Waals surface area contributed by atoms with Gasteiger partial charge in [-0.05, 0) is 51.7 Å². The highest BCUT2D eigenvalue weighted by Gasteiger charge is 2.31. The van der Waals surface area contributed by atoms with Crippen molar-refractivity contribution < 1.29 is 5.11 Å². The molecule has 1 aliphatic carbocycles. The first-order valence-corrected chi connectivity index (χ1v) is 5.36. The average molecular weight is 233 g/mol. The molecule has 0 radical (unpaired) electrons. The van der Waals surface area contributed by atoms with E-state index in [1.807, 2.05) is 11.4 Å². The van der Waals surface area contributed by atoms with Crippen LogP contribution in [0.1, 0.15) is 24.5 Å². The zero-order valence-corrected chi connectivity index (χ0v) is 8.36. The van der Waals surface area contributed by atoms with Gasteiger partial charge in [-0.25, -0.2) is 0 Å². The minimum atomic E-state index is -0.211.